The maximum atomic E-state index is 11.1. The fourth-order valence-corrected chi connectivity index (χ4v) is 2.44. The summed E-state index contributed by atoms with van der Waals surface area (Å²) in [6.07, 6.45) is 5.59. The zero-order chi connectivity index (χ0) is 8.60. The molecule has 2 rings (SSSR count). The van der Waals surface area contributed by atoms with Gasteiger partial charge in [-0.3, -0.25) is 4.79 Å². The Morgan fingerprint density at radius 2 is 2.33 bits per heavy atom. The third-order valence-corrected chi connectivity index (χ3v) is 3.14. The van der Waals surface area contributed by atoms with Gasteiger partial charge < -0.3 is 10.1 Å². The van der Waals surface area contributed by atoms with Crippen molar-refractivity contribution in [3.63, 3.8) is 0 Å². The number of amides is 1. The molecule has 0 radical (unpaired) electrons. The predicted molar refractivity (Wildman–Crippen MR) is 43.5 cm³/mol. The summed E-state index contributed by atoms with van der Waals surface area (Å²) < 4.78 is 0. The van der Waals surface area contributed by atoms with Gasteiger partial charge in [0.2, 0.25) is 5.91 Å². The van der Waals surface area contributed by atoms with Crippen LogP contribution in [0.2, 0.25) is 0 Å². The highest BCUT2D eigenvalue weighted by Gasteiger charge is 2.47. The molecule has 3 heteroatoms. The first-order chi connectivity index (χ1) is 5.77. The highest BCUT2D eigenvalue weighted by molar-refractivity contribution is 5.86. The molecule has 66 valence electrons. The van der Waals surface area contributed by atoms with Crippen molar-refractivity contribution in [3.8, 4) is 0 Å². The van der Waals surface area contributed by atoms with E-state index in [0.717, 1.165) is 32.0 Å². The van der Waals surface area contributed by atoms with Gasteiger partial charge in [-0.05, 0) is 18.8 Å². The quantitative estimate of drug-likeness (QED) is 0.582. The van der Waals surface area contributed by atoms with Crippen LogP contribution in [0.1, 0.15) is 32.1 Å². The average molecular weight is 167 g/mol. The molecular weight excluding hydrogens is 154 g/mol. The molecule has 2 fully saturated rings. The highest BCUT2D eigenvalue weighted by Crippen LogP contribution is 2.38. The van der Waals surface area contributed by atoms with Crippen LogP contribution in [-0.2, 0) is 9.59 Å². The summed E-state index contributed by atoms with van der Waals surface area (Å²) >= 11 is 0. The van der Waals surface area contributed by atoms with Crippen LogP contribution in [0.5, 0.6) is 0 Å². The molecule has 0 spiro atoms. The van der Waals surface area contributed by atoms with Crippen molar-refractivity contribution in [1.29, 1.82) is 0 Å². The summed E-state index contributed by atoms with van der Waals surface area (Å²) in [5.74, 6) is 0.324. The molecule has 0 aromatic heterocycles. The van der Waals surface area contributed by atoms with Crippen molar-refractivity contribution in [2.24, 2.45) is 5.92 Å². The van der Waals surface area contributed by atoms with E-state index in [9.17, 15) is 9.59 Å². The molecule has 1 aliphatic carbocycles. The number of carbonyl (C=O) groups is 2. The Hall–Kier alpha value is -0.860. The van der Waals surface area contributed by atoms with Gasteiger partial charge in [0.05, 0.1) is 5.54 Å². The fourth-order valence-electron chi connectivity index (χ4n) is 2.44. The van der Waals surface area contributed by atoms with Gasteiger partial charge in [-0.25, -0.2) is 0 Å². The van der Waals surface area contributed by atoms with Crippen LogP contribution in [-0.4, -0.2) is 17.7 Å². The van der Waals surface area contributed by atoms with Gasteiger partial charge in [-0.15, -0.1) is 0 Å². The topological polar surface area (TPSA) is 46.2 Å². The second-order valence-electron chi connectivity index (χ2n) is 3.85. The van der Waals surface area contributed by atoms with Crippen molar-refractivity contribution >= 4 is 12.2 Å². The molecule has 1 amide bonds. The van der Waals surface area contributed by atoms with Crippen LogP contribution in [0.15, 0.2) is 0 Å². The number of aldehydes is 1. The van der Waals surface area contributed by atoms with Crippen molar-refractivity contribution in [2.75, 3.05) is 0 Å². The molecule has 1 N–H and O–H groups in total. The van der Waals surface area contributed by atoms with Crippen molar-refractivity contribution in [2.45, 2.75) is 37.6 Å². The molecule has 3 nitrogen and oxygen atoms in total. The highest BCUT2D eigenvalue weighted by atomic mass is 16.2. The molecule has 2 unspecified atom stereocenters. The molecule has 1 saturated heterocycles. The van der Waals surface area contributed by atoms with Gasteiger partial charge in [0.15, 0.2) is 0 Å². The summed E-state index contributed by atoms with van der Waals surface area (Å²) in [5, 5.41) is 2.81. The first kappa shape index (κ1) is 7.77. The maximum absolute atomic E-state index is 11.1. The van der Waals surface area contributed by atoms with Crippen molar-refractivity contribution in [3.05, 3.63) is 0 Å². The van der Waals surface area contributed by atoms with E-state index in [1.165, 1.54) is 0 Å². The second-order valence-corrected chi connectivity index (χ2v) is 3.85. The smallest absolute Gasteiger partial charge is 0.221 e. The molecular formula is C9H13NO2. The number of hydrogen-bond acceptors (Lipinski definition) is 2. The largest absolute Gasteiger partial charge is 0.344 e. The minimum absolute atomic E-state index is 0.0500. The van der Waals surface area contributed by atoms with E-state index in [4.69, 9.17) is 0 Å². The number of nitrogens with one attached hydrogen (secondary N) is 1. The van der Waals surface area contributed by atoms with Crippen LogP contribution < -0.4 is 5.32 Å². The first-order valence-corrected chi connectivity index (χ1v) is 4.54. The summed E-state index contributed by atoms with van der Waals surface area (Å²) in [7, 11) is 0. The Morgan fingerprint density at radius 3 is 3.00 bits per heavy atom. The minimum atomic E-state index is -0.477. The number of rotatable bonds is 1. The van der Waals surface area contributed by atoms with E-state index >= 15 is 0 Å². The molecule has 0 aromatic rings. The Bertz CT molecular complexity index is 227. The molecule has 1 aliphatic heterocycles. The fraction of sp³-hybridized carbons (Fsp3) is 0.778. The lowest BCUT2D eigenvalue weighted by molar-refractivity contribution is -0.122. The lowest BCUT2D eigenvalue weighted by atomic mass is 9.75. The van der Waals surface area contributed by atoms with Crippen LogP contribution in [0.4, 0.5) is 0 Å². The van der Waals surface area contributed by atoms with Crippen molar-refractivity contribution < 1.29 is 9.59 Å². The summed E-state index contributed by atoms with van der Waals surface area (Å²) in [4.78, 5) is 22.0. The number of carbonyl (C=O) groups excluding carboxylic acids is 2. The maximum Gasteiger partial charge on any atom is 0.221 e. The van der Waals surface area contributed by atoms with Gasteiger partial charge in [0.1, 0.15) is 6.29 Å². The van der Waals surface area contributed by atoms with E-state index in [-0.39, 0.29) is 11.8 Å². The van der Waals surface area contributed by atoms with E-state index < -0.39 is 5.54 Å². The van der Waals surface area contributed by atoms with Crippen molar-refractivity contribution in [1.82, 2.24) is 5.32 Å². The van der Waals surface area contributed by atoms with Gasteiger partial charge in [0, 0.05) is 6.42 Å². The molecule has 2 atom stereocenters. The van der Waals surface area contributed by atoms with Crippen LogP contribution >= 0.6 is 0 Å². The standard InChI is InChI=1S/C9H13NO2/c11-6-9-4-2-1-3-7(9)5-8(12)10-9/h6-7H,1-5H2,(H,10,12). The van der Waals surface area contributed by atoms with Crippen LogP contribution in [0, 0.1) is 5.92 Å². The normalized spacial score (nSPS) is 40.3. The molecule has 1 saturated carbocycles. The van der Waals surface area contributed by atoms with Gasteiger partial charge in [-0.1, -0.05) is 12.8 Å². The summed E-state index contributed by atoms with van der Waals surface area (Å²) in [5.41, 5.74) is -0.477. The van der Waals surface area contributed by atoms with Gasteiger partial charge in [0.25, 0.3) is 0 Å². The Labute approximate surface area is 71.5 Å². The number of fused-ring (bicyclic) bond motifs is 1. The lowest BCUT2D eigenvalue weighted by Gasteiger charge is -2.33. The molecule has 1 heterocycles. The molecule has 2 aliphatic rings. The zero-order valence-electron chi connectivity index (χ0n) is 7.01. The van der Waals surface area contributed by atoms with E-state index in [1.54, 1.807) is 0 Å². The second kappa shape index (κ2) is 2.57. The van der Waals surface area contributed by atoms with Crippen LogP contribution in [0.25, 0.3) is 0 Å². The third-order valence-electron chi connectivity index (χ3n) is 3.14. The van der Waals surface area contributed by atoms with Gasteiger partial charge in [-0.2, -0.15) is 0 Å². The monoisotopic (exact) mass is 167 g/mol. The van der Waals surface area contributed by atoms with Crippen LogP contribution in [0.3, 0.4) is 0 Å². The SMILES string of the molecule is O=CC12CCCCC1CC(=O)N2. The Morgan fingerprint density at radius 1 is 1.50 bits per heavy atom. The first-order valence-electron chi connectivity index (χ1n) is 4.54. The molecule has 12 heavy (non-hydrogen) atoms. The predicted octanol–water partition coefficient (Wildman–Crippen LogP) is 0.634. The van der Waals surface area contributed by atoms with E-state index in [0.29, 0.717) is 6.42 Å². The average Bonchev–Trinajstić information content (AvgIpc) is 2.41. The zero-order valence-corrected chi connectivity index (χ0v) is 7.01. The lowest BCUT2D eigenvalue weighted by Crippen LogP contribution is -2.49. The summed E-state index contributed by atoms with van der Waals surface area (Å²) in [6.45, 7) is 0. The number of hydrogen-bond donors (Lipinski definition) is 1. The van der Waals surface area contributed by atoms with Gasteiger partial charge >= 0.3 is 0 Å². The van der Waals surface area contributed by atoms with E-state index in [2.05, 4.69) is 5.32 Å². The van der Waals surface area contributed by atoms with E-state index in [1.807, 2.05) is 0 Å². The summed E-state index contributed by atoms with van der Waals surface area (Å²) in [6, 6.07) is 0. The third kappa shape index (κ3) is 0.958. The molecule has 0 bridgehead atoms. The molecule has 0 aromatic carbocycles. The Kier molecular flexibility index (Phi) is 1.67. The Balaban J connectivity index is 2.24. The minimum Gasteiger partial charge on any atom is -0.344 e.